The fourth-order valence-electron chi connectivity index (χ4n) is 5.31. The molecule has 4 aromatic rings. The third-order valence-corrected chi connectivity index (χ3v) is 8.27. The van der Waals surface area contributed by atoms with Gasteiger partial charge in [-0.15, -0.1) is 0 Å². The highest BCUT2D eigenvalue weighted by molar-refractivity contribution is 7.89. The fraction of sp³-hybridized carbons (Fsp3) is 0.346. The van der Waals surface area contributed by atoms with Gasteiger partial charge in [-0.1, -0.05) is 0 Å². The van der Waals surface area contributed by atoms with Crippen LogP contribution < -0.4 is 5.32 Å². The standard InChI is InChI=1S/C26H26F2N4O2S/c1-14-18(19-9-16(27)10-22-17(19)7-8-32(22)35(4,33)34)11-21(28)24-23(14)25-20(26(2,3)30-24)12-29-31(25)13-15-5-6-15/h7-12,15,30H,5-6,13H2,1-4H3. The van der Waals surface area contributed by atoms with Crippen molar-refractivity contribution in [1.82, 2.24) is 13.8 Å². The number of fused-ring (bicyclic) bond motifs is 4. The van der Waals surface area contributed by atoms with E-state index in [0.717, 1.165) is 46.4 Å². The first kappa shape index (κ1) is 22.3. The molecule has 2 aromatic heterocycles. The maximum absolute atomic E-state index is 15.8. The van der Waals surface area contributed by atoms with Crippen LogP contribution in [0.15, 0.2) is 36.7 Å². The van der Waals surface area contributed by atoms with Gasteiger partial charge in [0.1, 0.15) is 11.6 Å². The van der Waals surface area contributed by atoms with Crippen LogP contribution in [0.3, 0.4) is 0 Å². The van der Waals surface area contributed by atoms with Crippen LogP contribution in [0.1, 0.15) is 37.8 Å². The molecule has 0 bridgehead atoms. The molecule has 6 nitrogen and oxygen atoms in total. The van der Waals surface area contributed by atoms with Crippen molar-refractivity contribution in [1.29, 1.82) is 0 Å². The van der Waals surface area contributed by atoms with Crippen molar-refractivity contribution in [3.05, 3.63) is 59.4 Å². The molecule has 0 radical (unpaired) electrons. The van der Waals surface area contributed by atoms with Gasteiger partial charge < -0.3 is 5.32 Å². The largest absolute Gasteiger partial charge is 0.373 e. The summed E-state index contributed by atoms with van der Waals surface area (Å²) in [6, 6.07) is 5.57. The van der Waals surface area contributed by atoms with Gasteiger partial charge in [-0.25, -0.2) is 21.2 Å². The van der Waals surface area contributed by atoms with E-state index in [1.165, 1.54) is 24.4 Å². The van der Waals surface area contributed by atoms with Crippen LogP contribution in [0.25, 0.3) is 33.3 Å². The zero-order valence-electron chi connectivity index (χ0n) is 20.0. The summed E-state index contributed by atoms with van der Waals surface area (Å²) >= 11 is 0. The average molecular weight is 497 g/mol. The lowest BCUT2D eigenvalue weighted by Crippen LogP contribution is -2.33. The Hall–Kier alpha value is -3.20. The van der Waals surface area contributed by atoms with Crippen LogP contribution in [0, 0.1) is 24.5 Å². The first-order chi connectivity index (χ1) is 16.5. The number of nitrogens with one attached hydrogen (secondary N) is 1. The minimum atomic E-state index is -3.64. The summed E-state index contributed by atoms with van der Waals surface area (Å²) in [5, 5.41) is 8.55. The first-order valence-electron chi connectivity index (χ1n) is 11.6. The van der Waals surface area contributed by atoms with Gasteiger partial charge in [-0.2, -0.15) is 5.10 Å². The lowest BCUT2D eigenvalue weighted by Gasteiger charge is -2.35. The van der Waals surface area contributed by atoms with Gasteiger partial charge in [0.25, 0.3) is 0 Å². The van der Waals surface area contributed by atoms with Crippen LogP contribution >= 0.6 is 0 Å². The molecular weight excluding hydrogens is 470 g/mol. The smallest absolute Gasteiger partial charge is 0.236 e. The predicted molar refractivity (Wildman–Crippen MR) is 133 cm³/mol. The maximum atomic E-state index is 15.8. The van der Waals surface area contributed by atoms with Crippen molar-refractivity contribution >= 4 is 26.6 Å². The van der Waals surface area contributed by atoms with Crippen LogP contribution in [0.2, 0.25) is 0 Å². The molecule has 0 amide bonds. The summed E-state index contributed by atoms with van der Waals surface area (Å²) in [5.74, 6) is -0.460. The molecule has 1 aliphatic carbocycles. The van der Waals surface area contributed by atoms with Gasteiger partial charge >= 0.3 is 0 Å². The van der Waals surface area contributed by atoms with E-state index in [4.69, 9.17) is 0 Å². The normalized spacial score (nSPS) is 16.7. The molecule has 2 aliphatic rings. The quantitative estimate of drug-likeness (QED) is 0.397. The van der Waals surface area contributed by atoms with Crippen molar-refractivity contribution in [3.63, 3.8) is 0 Å². The van der Waals surface area contributed by atoms with Gasteiger partial charge in [0.15, 0.2) is 0 Å². The number of hydrogen-bond acceptors (Lipinski definition) is 4. The van der Waals surface area contributed by atoms with Crippen LogP contribution in [0.4, 0.5) is 14.5 Å². The Morgan fingerprint density at radius 3 is 2.60 bits per heavy atom. The van der Waals surface area contributed by atoms with E-state index in [0.29, 0.717) is 33.7 Å². The molecule has 35 heavy (non-hydrogen) atoms. The van der Waals surface area contributed by atoms with Gasteiger partial charge in [0.2, 0.25) is 10.0 Å². The lowest BCUT2D eigenvalue weighted by molar-refractivity contribution is 0.555. The molecule has 1 saturated carbocycles. The Morgan fingerprint density at radius 1 is 1.17 bits per heavy atom. The van der Waals surface area contributed by atoms with Gasteiger partial charge in [0.05, 0.1) is 34.9 Å². The fourth-order valence-corrected chi connectivity index (χ4v) is 6.10. The topological polar surface area (TPSA) is 68.9 Å². The minimum Gasteiger partial charge on any atom is -0.373 e. The van der Waals surface area contributed by atoms with E-state index in [-0.39, 0.29) is 5.52 Å². The third kappa shape index (κ3) is 3.39. The van der Waals surface area contributed by atoms with E-state index in [1.54, 1.807) is 6.07 Å². The Labute approximate surface area is 202 Å². The van der Waals surface area contributed by atoms with E-state index in [1.807, 2.05) is 31.6 Å². The van der Waals surface area contributed by atoms with Crippen molar-refractivity contribution in [2.45, 2.75) is 45.7 Å². The Bertz CT molecular complexity index is 1650. The third-order valence-electron chi connectivity index (χ3n) is 7.24. The summed E-state index contributed by atoms with van der Waals surface area (Å²) in [6.45, 7) is 6.68. The van der Waals surface area contributed by atoms with E-state index >= 15 is 4.39 Å². The molecule has 6 rings (SSSR count). The van der Waals surface area contributed by atoms with Gasteiger partial charge in [-0.3, -0.25) is 4.68 Å². The molecular formula is C26H26F2N4O2S. The van der Waals surface area contributed by atoms with Crippen molar-refractivity contribution in [2.24, 2.45) is 5.92 Å². The first-order valence-corrected chi connectivity index (χ1v) is 13.5. The van der Waals surface area contributed by atoms with Crippen molar-refractivity contribution < 1.29 is 17.2 Å². The molecule has 0 spiro atoms. The maximum Gasteiger partial charge on any atom is 0.236 e. The van der Waals surface area contributed by atoms with Gasteiger partial charge in [0, 0.05) is 29.3 Å². The average Bonchev–Trinajstić information content (AvgIpc) is 3.29. The van der Waals surface area contributed by atoms with Crippen molar-refractivity contribution in [3.8, 4) is 22.4 Å². The summed E-state index contributed by atoms with van der Waals surface area (Å²) in [7, 11) is -3.64. The highest BCUT2D eigenvalue weighted by Crippen LogP contribution is 2.49. The number of benzene rings is 2. The van der Waals surface area contributed by atoms with E-state index < -0.39 is 27.2 Å². The lowest BCUT2D eigenvalue weighted by atomic mass is 9.82. The summed E-state index contributed by atoms with van der Waals surface area (Å²) < 4.78 is 58.0. The number of halogens is 2. The molecule has 1 fully saturated rings. The Morgan fingerprint density at radius 2 is 1.91 bits per heavy atom. The van der Waals surface area contributed by atoms with Crippen molar-refractivity contribution in [2.75, 3.05) is 11.6 Å². The molecule has 0 saturated heterocycles. The molecule has 182 valence electrons. The number of anilines is 1. The molecule has 3 heterocycles. The number of nitrogens with zero attached hydrogens (tertiary/aromatic N) is 3. The molecule has 0 unspecified atom stereocenters. The Balaban J connectivity index is 1.64. The molecule has 9 heteroatoms. The molecule has 1 N–H and O–H groups in total. The highest BCUT2D eigenvalue weighted by atomic mass is 32.2. The predicted octanol–water partition coefficient (Wildman–Crippen LogP) is 5.64. The highest BCUT2D eigenvalue weighted by Gasteiger charge is 2.38. The Kier molecular flexibility index (Phi) is 4.56. The monoisotopic (exact) mass is 496 g/mol. The SMILES string of the molecule is Cc1c(-c2cc(F)cc3c2ccn3S(C)(=O)=O)cc(F)c2c1-c1c(cnn1CC1CC1)C(C)(C)N2. The van der Waals surface area contributed by atoms with Crippen LogP contribution in [-0.4, -0.2) is 28.4 Å². The number of aromatic nitrogens is 3. The summed E-state index contributed by atoms with van der Waals surface area (Å²) in [5.41, 5.74) is 4.44. The zero-order valence-corrected chi connectivity index (χ0v) is 20.8. The molecule has 2 aromatic carbocycles. The zero-order chi connectivity index (χ0) is 24.9. The van der Waals surface area contributed by atoms with Crippen LogP contribution in [0.5, 0.6) is 0 Å². The second-order valence-corrected chi connectivity index (χ2v) is 12.2. The summed E-state index contributed by atoms with van der Waals surface area (Å²) in [4.78, 5) is 0. The van der Waals surface area contributed by atoms with Gasteiger partial charge in [-0.05, 0) is 80.5 Å². The summed E-state index contributed by atoms with van der Waals surface area (Å²) in [6.07, 6.45) is 6.64. The van der Waals surface area contributed by atoms with Crippen LogP contribution in [-0.2, 0) is 22.1 Å². The van der Waals surface area contributed by atoms with E-state index in [9.17, 15) is 12.8 Å². The van der Waals surface area contributed by atoms with E-state index in [2.05, 4.69) is 10.4 Å². The second kappa shape index (κ2) is 7.16. The number of hydrogen-bond donors (Lipinski definition) is 1. The number of rotatable bonds is 4. The molecule has 1 aliphatic heterocycles. The second-order valence-electron chi connectivity index (χ2n) is 10.3. The molecule has 0 atom stereocenters. The minimum absolute atomic E-state index is 0.221.